The van der Waals surface area contributed by atoms with Crippen LogP contribution in [0.3, 0.4) is 0 Å². The van der Waals surface area contributed by atoms with Gasteiger partial charge >= 0.3 is 0 Å². The van der Waals surface area contributed by atoms with Crippen molar-refractivity contribution >= 4 is 32.7 Å². The zero-order valence-electron chi connectivity index (χ0n) is 18.1. The van der Waals surface area contributed by atoms with Crippen LogP contribution in [0.25, 0.3) is 11.0 Å². The lowest BCUT2D eigenvalue weighted by atomic mass is 10.2. The van der Waals surface area contributed by atoms with Crippen LogP contribution in [-0.2, 0) is 23.1 Å². The van der Waals surface area contributed by atoms with Crippen LogP contribution in [0.5, 0.6) is 0 Å². The largest absolute Gasteiger partial charge is 0.350 e. The summed E-state index contributed by atoms with van der Waals surface area (Å²) in [4.78, 5) is 39.8. The van der Waals surface area contributed by atoms with Crippen molar-refractivity contribution in [2.24, 2.45) is 5.14 Å². The number of nitrogens with zero attached hydrogens (tertiary/aromatic N) is 5. The fraction of sp³-hybridized carbons (Fsp3) is 0.143. The average Bonchev–Trinajstić information content (AvgIpc) is 3.24. The molecule has 2 aromatic carbocycles. The lowest BCUT2D eigenvalue weighted by Crippen LogP contribution is -2.28. The first-order chi connectivity index (χ1) is 16.6. The second kappa shape index (κ2) is 9.44. The number of fused-ring (bicyclic) bond motifs is 1. The Hall–Kier alpha value is -4.43. The molecular weight excluding hydrogens is 478 g/mol. The molecule has 2 aromatic heterocycles. The third-order valence-electron chi connectivity index (χ3n) is 5.15. The van der Waals surface area contributed by atoms with Gasteiger partial charge in [0.2, 0.25) is 10.0 Å². The Kier molecular flexibility index (Phi) is 6.40. The van der Waals surface area contributed by atoms with Gasteiger partial charge in [-0.15, -0.1) is 0 Å². The Morgan fingerprint density at radius 2 is 1.91 bits per heavy atom. The summed E-state index contributed by atoms with van der Waals surface area (Å²) in [6.07, 6.45) is 2.72. The van der Waals surface area contributed by atoms with Crippen molar-refractivity contribution in [3.63, 3.8) is 0 Å². The van der Waals surface area contributed by atoms with E-state index in [2.05, 4.69) is 15.4 Å². The van der Waals surface area contributed by atoms with Crippen LogP contribution >= 0.6 is 0 Å². The van der Waals surface area contributed by atoms with E-state index in [0.29, 0.717) is 11.2 Å². The number of benzene rings is 2. The normalized spacial score (nSPS) is 11.5. The highest BCUT2D eigenvalue weighted by molar-refractivity contribution is 7.89. The number of primary sulfonamides is 1. The number of nitro groups is 1. The minimum absolute atomic E-state index is 0.0696. The zero-order chi connectivity index (χ0) is 25.2. The van der Waals surface area contributed by atoms with Crippen LogP contribution in [0.2, 0.25) is 0 Å². The lowest BCUT2D eigenvalue weighted by Gasteiger charge is -2.08. The van der Waals surface area contributed by atoms with Crippen molar-refractivity contribution in [1.82, 2.24) is 24.6 Å². The molecule has 0 saturated carbocycles. The fourth-order valence-electron chi connectivity index (χ4n) is 3.41. The highest BCUT2D eigenvalue weighted by atomic mass is 32.2. The van der Waals surface area contributed by atoms with Crippen LogP contribution < -0.4 is 16.0 Å². The van der Waals surface area contributed by atoms with E-state index in [9.17, 15) is 28.1 Å². The second-order valence-corrected chi connectivity index (χ2v) is 9.10. The monoisotopic (exact) mass is 497 g/mol. The van der Waals surface area contributed by atoms with Gasteiger partial charge in [0.1, 0.15) is 11.7 Å². The number of nitrogens with two attached hydrogens (primary N) is 1. The van der Waals surface area contributed by atoms with Crippen LogP contribution in [0.4, 0.5) is 5.69 Å². The third kappa shape index (κ3) is 5.23. The number of aromatic nitrogens is 4. The van der Waals surface area contributed by atoms with Gasteiger partial charge in [0.15, 0.2) is 5.65 Å². The third-order valence-corrected chi connectivity index (χ3v) is 6.08. The number of hydrogen-bond donors (Lipinski definition) is 2. The first kappa shape index (κ1) is 23.7. The molecule has 180 valence electrons. The standard InChI is InChI=1S/C21H19N7O6S/c22-35(33,34)17-6-4-15(5-7-17)20(29)23-8-9-27-19-18(11-25-27)21(30)26(13-24-19)12-14-2-1-3-16(10-14)28(31)32/h1-7,10-11,13H,8-9,12H2,(H,23,29)(H2,22,33,34). The molecule has 0 bridgehead atoms. The maximum atomic E-state index is 12.8. The Balaban J connectivity index is 1.43. The smallest absolute Gasteiger partial charge is 0.269 e. The van der Waals surface area contributed by atoms with Crippen molar-refractivity contribution in [2.45, 2.75) is 18.0 Å². The summed E-state index contributed by atoms with van der Waals surface area (Å²) in [5, 5.41) is 23.1. The molecule has 0 aliphatic rings. The van der Waals surface area contributed by atoms with E-state index in [0.717, 1.165) is 0 Å². The summed E-state index contributed by atoms with van der Waals surface area (Å²) < 4.78 is 25.4. The predicted molar refractivity (Wildman–Crippen MR) is 124 cm³/mol. The molecule has 35 heavy (non-hydrogen) atoms. The van der Waals surface area contributed by atoms with E-state index < -0.39 is 20.9 Å². The van der Waals surface area contributed by atoms with E-state index >= 15 is 0 Å². The van der Waals surface area contributed by atoms with Crippen molar-refractivity contribution in [1.29, 1.82) is 0 Å². The van der Waals surface area contributed by atoms with Crippen LogP contribution in [0, 0.1) is 10.1 Å². The average molecular weight is 497 g/mol. The molecule has 4 rings (SSSR count). The first-order valence-electron chi connectivity index (χ1n) is 10.2. The van der Waals surface area contributed by atoms with Crippen LogP contribution in [0.15, 0.2) is 70.7 Å². The molecule has 0 aliphatic carbocycles. The van der Waals surface area contributed by atoms with Gasteiger partial charge < -0.3 is 5.32 Å². The number of nitrogens with one attached hydrogen (secondary N) is 1. The number of rotatable bonds is 8. The summed E-state index contributed by atoms with van der Waals surface area (Å²) in [5.41, 5.74) is 0.739. The number of carbonyl (C=O) groups excluding carboxylic acids is 1. The molecule has 1 amide bonds. The number of sulfonamides is 1. The highest BCUT2D eigenvalue weighted by Crippen LogP contribution is 2.14. The summed E-state index contributed by atoms with van der Waals surface area (Å²) in [6, 6.07) is 11.2. The number of amides is 1. The van der Waals surface area contributed by atoms with Crippen molar-refractivity contribution in [3.8, 4) is 0 Å². The molecule has 3 N–H and O–H groups in total. The van der Waals surface area contributed by atoms with Gasteiger partial charge in [0.05, 0.1) is 29.1 Å². The quantitative estimate of drug-likeness (QED) is 0.262. The fourth-order valence-corrected chi connectivity index (χ4v) is 3.93. The van der Waals surface area contributed by atoms with E-state index in [-0.39, 0.29) is 46.7 Å². The number of nitro benzene ring substituents is 1. The van der Waals surface area contributed by atoms with Gasteiger partial charge in [-0.25, -0.2) is 23.2 Å². The molecule has 0 saturated heterocycles. The summed E-state index contributed by atoms with van der Waals surface area (Å²) in [5.74, 6) is -0.422. The number of hydrogen-bond acceptors (Lipinski definition) is 8. The van der Waals surface area contributed by atoms with Gasteiger partial charge in [0, 0.05) is 24.2 Å². The van der Waals surface area contributed by atoms with Gasteiger partial charge in [0.25, 0.3) is 17.2 Å². The Bertz CT molecular complexity index is 1590. The molecule has 0 unspecified atom stereocenters. The molecule has 0 atom stereocenters. The van der Waals surface area contributed by atoms with E-state index in [1.807, 2.05) is 0 Å². The Morgan fingerprint density at radius 1 is 1.17 bits per heavy atom. The molecule has 0 aliphatic heterocycles. The van der Waals surface area contributed by atoms with Crippen molar-refractivity contribution in [2.75, 3.05) is 6.54 Å². The summed E-state index contributed by atoms with van der Waals surface area (Å²) in [7, 11) is -3.85. The maximum Gasteiger partial charge on any atom is 0.269 e. The highest BCUT2D eigenvalue weighted by Gasteiger charge is 2.13. The van der Waals surface area contributed by atoms with Crippen LogP contribution in [0.1, 0.15) is 15.9 Å². The molecular formula is C21H19N7O6S. The molecule has 4 aromatic rings. The SMILES string of the molecule is NS(=O)(=O)c1ccc(C(=O)NCCn2ncc3c(=O)n(Cc4cccc([N+](=O)[O-])c4)cnc32)cc1. The number of non-ortho nitro benzene ring substituents is 1. The van der Waals surface area contributed by atoms with Crippen molar-refractivity contribution in [3.05, 3.63) is 92.7 Å². The second-order valence-electron chi connectivity index (χ2n) is 7.53. The molecule has 0 fully saturated rings. The lowest BCUT2D eigenvalue weighted by molar-refractivity contribution is -0.384. The zero-order valence-corrected chi connectivity index (χ0v) is 18.9. The molecule has 2 heterocycles. The van der Waals surface area contributed by atoms with E-state index in [1.165, 1.54) is 58.2 Å². The van der Waals surface area contributed by atoms with Crippen LogP contribution in [-0.4, -0.2) is 45.1 Å². The summed E-state index contributed by atoms with van der Waals surface area (Å²) >= 11 is 0. The van der Waals surface area contributed by atoms with Gasteiger partial charge in [-0.3, -0.25) is 24.3 Å². The maximum absolute atomic E-state index is 12.8. The van der Waals surface area contributed by atoms with Gasteiger partial charge in [-0.2, -0.15) is 5.10 Å². The van der Waals surface area contributed by atoms with E-state index in [4.69, 9.17) is 5.14 Å². The summed E-state index contributed by atoms with van der Waals surface area (Å²) in [6.45, 7) is 0.506. The molecule has 0 radical (unpaired) electrons. The molecule has 13 nitrogen and oxygen atoms in total. The molecule has 0 spiro atoms. The topological polar surface area (TPSA) is 185 Å². The van der Waals surface area contributed by atoms with Gasteiger partial charge in [-0.05, 0) is 29.8 Å². The first-order valence-corrected chi connectivity index (χ1v) is 11.7. The van der Waals surface area contributed by atoms with E-state index in [1.54, 1.807) is 12.1 Å². The van der Waals surface area contributed by atoms with Crippen molar-refractivity contribution < 1.29 is 18.1 Å². The Labute approximate surface area is 198 Å². The van der Waals surface area contributed by atoms with Gasteiger partial charge in [-0.1, -0.05) is 12.1 Å². The predicted octanol–water partition coefficient (Wildman–Crippen LogP) is 0.627. The molecule has 14 heteroatoms. The number of carbonyl (C=O) groups is 1. The Morgan fingerprint density at radius 3 is 2.60 bits per heavy atom. The minimum Gasteiger partial charge on any atom is -0.350 e. The minimum atomic E-state index is -3.85.